The van der Waals surface area contributed by atoms with Crippen LogP contribution < -0.4 is 5.32 Å². The van der Waals surface area contributed by atoms with Crippen molar-refractivity contribution in [1.29, 1.82) is 0 Å². The number of carbonyl (C=O) groups is 1. The fourth-order valence-electron chi connectivity index (χ4n) is 2.19. The number of rotatable bonds is 10. The Kier molecular flexibility index (Phi) is 9.57. The second-order valence-corrected chi connectivity index (χ2v) is 5.12. The summed E-state index contributed by atoms with van der Waals surface area (Å²) in [5.74, 6) is 0.211. The van der Waals surface area contributed by atoms with Crippen LogP contribution in [0, 0.1) is 0 Å². The van der Waals surface area contributed by atoms with Gasteiger partial charge in [0.05, 0.1) is 25.9 Å². The van der Waals surface area contributed by atoms with Crippen molar-refractivity contribution in [2.75, 3.05) is 53.1 Å². The summed E-state index contributed by atoms with van der Waals surface area (Å²) >= 11 is 0. The average Bonchev–Trinajstić information content (AvgIpc) is 2.49. The zero-order valence-corrected chi connectivity index (χ0v) is 12.5. The highest BCUT2D eigenvalue weighted by Crippen LogP contribution is 2.09. The van der Waals surface area contributed by atoms with Crippen LogP contribution in [-0.4, -0.2) is 75.1 Å². The number of piperidine rings is 1. The smallest absolute Gasteiger partial charge is 0.223 e. The fourth-order valence-corrected chi connectivity index (χ4v) is 2.19. The molecule has 0 saturated carbocycles. The highest BCUT2D eigenvalue weighted by Gasteiger charge is 2.15. The molecule has 0 bridgehead atoms. The molecule has 0 aromatic carbocycles. The van der Waals surface area contributed by atoms with E-state index in [2.05, 4.69) is 5.32 Å². The van der Waals surface area contributed by atoms with Crippen LogP contribution in [-0.2, 0) is 14.3 Å². The third-order valence-corrected chi connectivity index (χ3v) is 3.35. The summed E-state index contributed by atoms with van der Waals surface area (Å²) < 4.78 is 10.1. The van der Waals surface area contributed by atoms with Gasteiger partial charge in [-0.15, -0.1) is 0 Å². The number of carbonyl (C=O) groups excluding carboxylic acids is 1. The molecule has 1 atom stereocenters. The number of hydrogen-bond acceptors (Lipinski definition) is 5. The molecule has 1 heterocycles. The van der Waals surface area contributed by atoms with Gasteiger partial charge in [-0.3, -0.25) is 4.79 Å². The zero-order valence-electron chi connectivity index (χ0n) is 12.5. The van der Waals surface area contributed by atoms with E-state index >= 15 is 0 Å². The lowest BCUT2D eigenvalue weighted by Crippen LogP contribution is -2.38. The highest BCUT2D eigenvalue weighted by atomic mass is 16.5. The van der Waals surface area contributed by atoms with E-state index in [0.717, 1.165) is 25.9 Å². The second-order valence-electron chi connectivity index (χ2n) is 5.12. The van der Waals surface area contributed by atoms with Crippen LogP contribution in [0.4, 0.5) is 0 Å². The first-order valence-corrected chi connectivity index (χ1v) is 7.47. The fraction of sp³-hybridized carbons (Fsp3) is 0.929. The lowest BCUT2D eigenvalue weighted by molar-refractivity contribution is -0.132. The maximum absolute atomic E-state index is 11.9. The van der Waals surface area contributed by atoms with E-state index in [4.69, 9.17) is 9.47 Å². The molecule has 1 unspecified atom stereocenters. The topological polar surface area (TPSA) is 71.0 Å². The molecule has 1 aliphatic rings. The van der Waals surface area contributed by atoms with Crippen molar-refractivity contribution in [3.63, 3.8) is 0 Å². The van der Waals surface area contributed by atoms with Gasteiger partial charge in [-0.1, -0.05) is 0 Å². The average molecular weight is 288 g/mol. The van der Waals surface area contributed by atoms with Gasteiger partial charge < -0.3 is 24.8 Å². The molecule has 0 aliphatic carbocycles. The molecular formula is C14H28N2O4. The van der Waals surface area contributed by atoms with Crippen LogP contribution in [0.5, 0.6) is 0 Å². The van der Waals surface area contributed by atoms with Gasteiger partial charge in [0.1, 0.15) is 0 Å². The van der Waals surface area contributed by atoms with Gasteiger partial charge in [0, 0.05) is 39.7 Å². The lowest BCUT2D eigenvalue weighted by atomic mass is 10.1. The number of likely N-dealkylation sites (tertiary alicyclic amines) is 1. The molecule has 1 saturated heterocycles. The van der Waals surface area contributed by atoms with Gasteiger partial charge >= 0.3 is 0 Å². The Bertz CT molecular complexity index is 258. The van der Waals surface area contributed by atoms with Crippen molar-refractivity contribution < 1.29 is 19.4 Å². The van der Waals surface area contributed by atoms with Crippen molar-refractivity contribution in [2.24, 2.45) is 0 Å². The van der Waals surface area contributed by atoms with E-state index in [-0.39, 0.29) is 12.5 Å². The number of methoxy groups -OCH3 is 1. The summed E-state index contributed by atoms with van der Waals surface area (Å²) in [5, 5.41) is 12.7. The molecule has 118 valence electrons. The zero-order chi connectivity index (χ0) is 14.6. The second kappa shape index (κ2) is 11.0. The van der Waals surface area contributed by atoms with Crippen LogP contribution in [0.1, 0.15) is 25.7 Å². The number of ether oxygens (including phenoxy) is 2. The van der Waals surface area contributed by atoms with Crippen molar-refractivity contribution >= 4 is 5.91 Å². The van der Waals surface area contributed by atoms with E-state index in [0.29, 0.717) is 32.7 Å². The summed E-state index contributed by atoms with van der Waals surface area (Å²) in [6, 6.07) is 0. The normalized spacial score (nSPS) is 17.2. The van der Waals surface area contributed by atoms with Gasteiger partial charge in [-0.2, -0.15) is 0 Å². The highest BCUT2D eigenvalue weighted by molar-refractivity contribution is 5.76. The van der Waals surface area contributed by atoms with Crippen LogP contribution in [0.3, 0.4) is 0 Å². The summed E-state index contributed by atoms with van der Waals surface area (Å²) in [7, 11) is 1.61. The molecule has 0 aromatic rings. The predicted octanol–water partition coefficient (Wildman–Crippen LogP) is 0.00250. The van der Waals surface area contributed by atoms with E-state index < -0.39 is 6.10 Å². The lowest BCUT2D eigenvalue weighted by Gasteiger charge is -2.26. The van der Waals surface area contributed by atoms with Crippen LogP contribution >= 0.6 is 0 Å². The first kappa shape index (κ1) is 17.4. The van der Waals surface area contributed by atoms with Crippen molar-refractivity contribution in [3.05, 3.63) is 0 Å². The Morgan fingerprint density at radius 1 is 1.30 bits per heavy atom. The number of nitrogens with one attached hydrogen (secondary N) is 1. The third kappa shape index (κ3) is 7.79. The number of aliphatic hydroxyl groups excluding tert-OH is 1. The van der Waals surface area contributed by atoms with Crippen LogP contribution in [0.15, 0.2) is 0 Å². The minimum absolute atomic E-state index is 0.211. The van der Waals surface area contributed by atoms with Crippen LogP contribution in [0.2, 0.25) is 0 Å². The van der Waals surface area contributed by atoms with Gasteiger partial charge in [-0.05, 0) is 19.3 Å². The Morgan fingerprint density at radius 3 is 2.75 bits per heavy atom. The van der Waals surface area contributed by atoms with E-state index in [1.807, 2.05) is 4.90 Å². The molecule has 1 rings (SSSR count). The Labute approximate surface area is 121 Å². The van der Waals surface area contributed by atoms with Crippen molar-refractivity contribution in [1.82, 2.24) is 10.2 Å². The SMILES string of the molecule is COCCOCC(O)CNCCC(=O)N1CCCCC1. The van der Waals surface area contributed by atoms with Gasteiger partial charge in [0.25, 0.3) is 0 Å². The molecule has 2 N–H and O–H groups in total. The first-order chi connectivity index (χ1) is 9.74. The summed E-state index contributed by atoms with van der Waals surface area (Å²) in [4.78, 5) is 13.8. The maximum atomic E-state index is 11.9. The molecule has 0 aromatic heterocycles. The molecule has 1 aliphatic heterocycles. The largest absolute Gasteiger partial charge is 0.389 e. The van der Waals surface area contributed by atoms with Crippen LogP contribution in [0.25, 0.3) is 0 Å². The molecule has 0 spiro atoms. The quantitative estimate of drug-likeness (QED) is 0.554. The molecule has 20 heavy (non-hydrogen) atoms. The van der Waals surface area contributed by atoms with E-state index in [9.17, 15) is 9.90 Å². The van der Waals surface area contributed by atoms with Gasteiger partial charge in [0.15, 0.2) is 0 Å². The molecule has 6 heteroatoms. The van der Waals surface area contributed by atoms with Gasteiger partial charge in [0.2, 0.25) is 5.91 Å². The number of hydrogen-bond donors (Lipinski definition) is 2. The molecule has 6 nitrogen and oxygen atoms in total. The Morgan fingerprint density at radius 2 is 2.05 bits per heavy atom. The monoisotopic (exact) mass is 288 g/mol. The van der Waals surface area contributed by atoms with Gasteiger partial charge in [-0.25, -0.2) is 0 Å². The van der Waals surface area contributed by atoms with Crippen molar-refractivity contribution in [3.8, 4) is 0 Å². The standard InChI is InChI=1S/C14H28N2O4/c1-19-9-10-20-12-13(17)11-15-6-5-14(18)16-7-3-2-4-8-16/h13,15,17H,2-12H2,1H3. The van der Waals surface area contributed by atoms with Crippen molar-refractivity contribution in [2.45, 2.75) is 31.8 Å². The third-order valence-electron chi connectivity index (χ3n) is 3.35. The molecular weight excluding hydrogens is 260 g/mol. The molecule has 1 fully saturated rings. The number of amides is 1. The minimum atomic E-state index is -0.544. The molecule has 0 radical (unpaired) electrons. The predicted molar refractivity (Wildman–Crippen MR) is 76.6 cm³/mol. The maximum Gasteiger partial charge on any atom is 0.223 e. The number of aliphatic hydroxyl groups is 1. The summed E-state index contributed by atoms with van der Waals surface area (Å²) in [5.41, 5.74) is 0. The Balaban J connectivity index is 1.96. The Hall–Kier alpha value is -0.690. The van der Waals surface area contributed by atoms with E-state index in [1.165, 1.54) is 6.42 Å². The van der Waals surface area contributed by atoms with E-state index in [1.54, 1.807) is 7.11 Å². The molecule has 1 amide bonds. The summed E-state index contributed by atoms with van der Waals surface area (Å²) in [6.07, 6.45) is 3.43. The minimum Gasteiger partial charge on any atom is -0.389 e. The first-order valence-electron chi connectivity index (χ1n) is 7.47. The number of nitrogens with zero attached hydrogens (tertiary/aromatic N) is 1. The summed E-state index contributed by atoms with van der Waals surface area (Å²) in [6.45, 7) is 4.15.